The second-order valence-corrected chi connectivity index (χ2v) is 6.21. The normalized spacial score (nSPS) is 13.8. The topological polar surface area (TPSA) is 20.2 Å². The number of aliphatic hydroxyl groups excluding tert-OH is 1. The summed E-state index contributed by atoms with van der Waals surface area (Å²) in [5, 5.41) is 10.7. The van der Waals surface area contributed by atoms with E-state index in [0.29, 0.717) is 5.33 Å². The van der Waals surface area contributed by atoms with Crippen molar-refractivity contribution in [3.8, 4) is 0 Å². The summed E-state index contributed by atoms with van der Waals surface area (Å²) in [5.74, 6) is 0. The highest BCUT2D eigenvalue weighted by Crippen LogP contribution is 2.16. The quantitative estimate of drug-likeness (QED) is 0.426. The van der Waals surface area contributed by atoms with Gasteiger partial charge in [-0.05, 0) is 19.3 Å². The Hall–Kier alpha value is 0.400. The van der Waals surface area contributed by atoms with Crippen LogP contribution in [0.1, 0.15) is 59.3 Å². The van der Waals surface area contributed by atoms with E-state index in [-0.39, 0.29) is 6.10 Å². The number of hydrogen-bond donors (Lipinski definition) is 1. The molecule has 18 heavy (non-hydrogen) atoms. The Bertz CT molecular complexity index is 166. The Kier molecular flexibility index (Phi) is 11.5. The minimum atomic E-state index is -0.199. The molecule has 0 spiro atoms. The fourth-order valence-corrected chi connectivity index (χ4v) is 2.79. The summed E-state index contributed by atoms with van der Waals surface area (Å²) in [6.07, 6.45) is 7.40. The van der Waals surface area contributed by atoms with Crippen LogP contribution >= 0.6 is 15.9 Å². The summed E-state index contributed by atoms with van der Waals surface area (Å²) in [4.78, 5) is 0. The zero-order valence-electron chi connectivity index (χ0n) is 12.6. The van der Waals surface area contributed by atoms with Gasteiger partial charge in [0.25, 0.3) is 0 Å². The smallest absolute Gasteiger partial charge is 0.113 e. The summed E-state index contributed by atoms with van der Waals surface area (Å²) in [5.41, 5.74) is 0. The molecule has 0 bridgehead atoms. The maximum absolute atomic E-state index is 10.0. The van der Waals surface area contributed by atoms with Crippen molar-refractivity contribution in [3.05, 3.63) is 0 Å². The van der Waals surface area contributed by atoms with Crippen molar-refractivity contribution in [2.24, 2.45) is 0 Å². The lowest BCUT2D eigenvalue weighted by Gasteiger charge is -2.40. The molecule has 0 aliphatic rings. The highest BCUT2D eigenvalue weighted by Gasteiger charge is 2.28. The first-order chi connectivity index (χ1) is 8.64. The van der Waals surface area contributed by atoms with Crippen LogP contribution in [0.25, 0.3) is 0 Å². The fraction of sp³-hybridized carbons (Fsp3) is 1.00. The van der Waals surface area contributed by atoms with Crippen LogP contribution in [-0.2, 0) is 0 Å². The average molecular weight is 323 g/mol. The number of aliphatic hydroxyl groups is 1. The van der Waals surface area contributed by atoms with Gasteiger partial charge in [-0.25, -0.2) is 0 Å². The van der Waals surface area contributed by atoms with Crippen molar-refractivity contribution in [2.45, 2.75) is 65.4 Å². The first-order valence-electron chi connectivity index (χ1n) is 7.73. The van der Waals surface area contributed by atoms with Crippen molar-refractivity contribution in [1.29, 1.82) is 0 Å². The molecule has 0 aliphatic heterocycles. The van der Waals surface area contributed by atoms with Crippen LogP contribution in [-0.4, -0.2) is 47.2 Å². The third-order valence-electron chi connectivity index (χ3n) is 3.73. The van der Waals surface area contributed by atoms with Gasteiger partial charge >= 0.3 is 0 Å². The zero-order valence-corrected chi connectivity index (χ0v) is 14.2. The monoisotopic (exact) mass is 322 g/mol. The summed E-state index contributed by atoms with van der Waals surface area (Å²) in [6.45, 7) is 11.4. The van der Waals surface area contributed by atoms with Gasteiger partial charge in [-0.1, -0.05) is 56.0 Å². The van der Waals surface area contributed by atoms with E-state index in [2.05, 4.69) is 36.7 Å². The molecular formula is C15H33BrNO+. The molecule has 0 rings (SSSR count). The molecule has 0 saturated heterocycles. The van der Waals surface area contributed by atoms with Crippen LogP contribution in [0.15, 0.2) is 0 Å². The van der Waals surface area contributed by atoms with E-state index in [0.717, 1.165) is 11.0 Å². The third-order valence-corrected chi connectivity index (χ3v) is 4.48. The summed E-state index contributed by atoms with van der Waals surface area (Å²) < 4.78 is 1.13. The third kappa shape index (κ3) is 7.75. The van der Waals surface area contributed by atoms with Crippen molar-refractivity contribution < 1.29 is 9.59 Å². The van der Waals surface area contributed by atoms with Crippen molar-refractivity contribution in [1.82, 2.24) is 0 Å². The first-order valence-corrected chi connectivity index (χ1v) is 8.85. The molecule has 0 fully saturated rings. The minimum absolute atomic E-state index is 0.199. The van der Waals surface area contributed by atoms with Gasteiger partial charge in [0, 0.05) is 5.33 Å². The molecule has 110 valence electrons. The molecule has 0 saturated carbocycles. The molecule has 0 aromatic heterocycles. The van der Waals surface area contributed by atoms with E-state index in [1.54, 1.807) is 0 Å². The lowest BCUT2D eigenvalue weighted by atomic mass is 10.1. The van der Waals surface area contributed by atoms with Crippen LogP contribution in [0, 0.1) is 0 Å². The standard InChI is InChI=1S/C15H33BrNO/c1-4-7-10-17(11-8-5-2,12-9-6-3)14-15(18)13-16/h15,18H,4-14H2,1-3H3/q+1. The van der Waals surface area contributed by atoms with Gasteiger partial charge in [-0.3, -0.25) is 0 Å². The van der Waals surface area contributed by atoms with Crippen LogP contribution in [0.3, 0.4) is 0 Å². The van der Waals surface area contributed by atoms with E-state index >= 15 is 0 Å². The number of halogens is 1. The molecule has 0 aliphatic carbocycles. The average Bonchev–Trinajstić information content (AvgIpc) is 2.40. The second-order valence-electron chi connectivity index (χ2n) is 5.56. The number of hydrogen-bond acceptors (Lipinski definition) is 1. The highest BCUT2D eigenvalue weighted by molar-refractivity contribution is 9.09. The van der Waals surface area contributed by atoms with E-state index in [4.69, 9.17) is 0 Å². The minimum Gasteiger partial charge on any atom is -0.386 e. The van der Waals surface area contributed by atoms with E-state index in [9.17, 15) is 5.11 Å². The number of rotatable bonds is 12. The Morgan fingerprint density at radius 2 is 1.28 bits per heavy atom. The molecule has 0 amide bonds. The van der Waals surface area contributed by atoms with Gasteiger partial charge < -0.3 is 9.59 Å². The number of nitrogens with zero attached hydrogens (tertiary/aromatic N) is 1. The van der Waals surface area contributed by atoms with Crippen LogP contribution < -0.4 is 0 Å². The lowest BCUT2D eigenvalue weighted by molar-refractivity contribution is -0.931. The summed E-state index contributed by atoms with van der Waals surface area (Å²) >= 11 is 3.41. The predicted molar refractivity (Wildman–Crippen MR) is 84.3 cm³/mol. The van der Waals surface area contributed by atoms with Gasteiger partial charge in [-0.15, -0.1) is 0 Å². The summed E-state index contributed by atoms with van der Waals surface area (Å²) in [6, 6.07) is 0. The Labute approximate surface area is 122 Å². The molecule has 3 heteroatoms. The number of unbranched alkanes of at least 4 members (excludes halogenated alkanes) is 3. The van der Waals surface area contributed by atoms with Crippen LogP contribution in [0.4, 0.5) is 0 Å². The lowest BCUT2D eigenvalue weighted by Crippen LogP contribution is -2.54. The molecule has 0 radical (unpaired) electrons. The SMILES string of the molecule is CCCC[N+](CCCC)(CCCC)CC(O)CBr. The number of quaternary nitrogens is 1. The van der Waals surface area contributed by atoms with Crippen LogP contribution in [0.5, 0.6) is 0 Å². The molecule has 0 aromatic carbocycles. The van der Waals surface area contributed by atoms with Gasteiger partial charge in [0.1, 0.15) is 12.6 Å². The highest BCUT2D eigenvalue weighted by atomic mass is 79.9. The van der Waals surface area contributed by atoms with Crippen molar-refractivity contribution >= 4 is 15.9 Å². The van der Waals surface area contributed by atoms with Crippen molar-refractivity contribution in [2.75, 3.05) is 31.5 Å². The molecular weight excluding hydrogens is 290 g/mol. The van der Waals surface area contributed by atoms with Gasteiger partial charge in [0.2, 0.25) is 0 Å². The summed E-state index contributed by atoms with van der Waals surface area (Å²) in [7, 11) is 0. The fourth-order valence-electron chi connectivity index (χ4n) is 2.59. The van der Waals surface area contributed by atoms with E-state index in [1.807, 2.05) is 0 Å². The van der Waals surface area contributed by atoms with Gasteiger partial charge in [-0.2, -0.15) is 0 Å². The van der Waals surface area contributed by atoms with E-state index < -0.39 is 0 Å². The first kappa shape index (κ1) is 18.4. The van der Waals surface area contributed by atoms with Crippen molar-refractivity contribution in [3.63, 3.8) is 0 Å². The molecule has 1 atom stereocenters. The van der Waals surface area contributed by atoms with Gasteiger partial charge in [0.05, 0.1) is 19.6 Å². The largest absolute Gasteiger partial charge is 0.386 e. The Morgan fingerprint density at radius 1 is 0.889 bits per heavy atom. The second kappa shape index (κ2) is 11.2. The van der Waals surface area contributed by atoms with Gasteiger partial charge in [0.15, 0.2) is 0 Å². The predicted octanol–water partition coefficient (Wildman–Crippen LogP) is 3.96. The molecule has 1 unspecified atom stereocenters. The molecule has 2 nitrogen and oxygen atoms in total. The Morgan fingerprint density at radius 3 is 1.56 bits per heavy atom. The number of alkyl halides is 1. The Balaban J connectivity index is 4.61. The zero-order chi connectivity index (χ0) is 13.9. The molecule has 1 N–H and O–H groups in total. The molecule has 0 heterocycles. The maximum atomic E-state index is 10.0. The maximum Gasteiger partial charge on any atom is 0.113 e. The molecule has 0 aromatic rings. The van der Waals surface area contributed by atoms with Crippen LogP contribution in [0.2, 0.25) is 0 Å². The van der Waals surface area contributed by atoms with E-state index in [1.165, 1.54) is 58.2 Å².